The molecule has 0 saturated carbocycles. The Morgan fingerprint density at radius 3 is 1.82 bits per heavy atom. The first-order valence-corrected chi connectivity index (χ1v) is 3.75. The van der Waals surface area contributed by atoms with Gasteiger partial charge in [0.2, 0.25) is 0 Å². The van der Waals surface area contributed by atoms with Crippen LogP contribution in [0.25, 0.3) is 0 Å². The molecule has 1 fully saturated rings. The standard InChI is InChI=1S/C4H10N2O.C2H6O2/c1-2-4-6-7-5-3-1;3-1-2-4/h5-6H,1-4H2;3-4H,1-2H2. The van der Waals surface area contributed by atoms with E-state index in [-0.39, 0.29) is 13.2 Å². The summed E-state index contributed by atoms with van der Waals surface area (Å²) < 4.78 is 0. The lowest BCUT2D eigenvalue weighted by molar-refractivity contribution is -0.0260. The van der Waals surface area contributed by atoms with Crippen LogP contribution in [0.1, 0.15) is 12.8 Å². The summed E-state index contributed by atoms with van der Waals surface area (Å²) in [5.74, 6) is 0. The van der Waals surface area contributed by atoms with Gasteiger partial charge in [0.05, 0.1) is 13.2 Å². The minimum absolute atomic E-state index is 0.125. The maximum absolute atomic E-state index is 7.62. The van der Waals surface area contributed by atoms with Crippen LogP contribution < -0.4 is 11.0 Å². The van der Waals surface area contributed by atoms with E-state index in [4.69, 9.17) is 15.2 Å². The molecule has 0 spiro atoms. The SMILES string of the molecule is C1CCNONC1.OCCO. The molecule has 1 rings (SSSR count). The monoisotopic (exact) mass is 164 g/mol. The number of rotatable bonds is 1. The van der Waals surface area contributed by atoms with Gasteiger partial charge in [-0.1, -0.05) is 0 Å². The van der Waals surface area contributed by atoms with Gasteiger partial charge in [-0.3, -0.25) is 0 Å². The zero-order valence-corrected chi connectivity index (χ0v) is 6.55. The summed E-state index contributed by atoms with van der Waals surface area (Å²) in [6.07, 6.45) is 2.40. The van der Waals surface area contributed by atoms with Gasteiger partial charge in [-0.05, 0) is 12.8 Å². The van der Waals surface area contributed by atoms with Crippen LogP contribution in [0.4, 0.5) is 0 Å². The van der Waals surface area contributed by atoms with Crippen LogP contribution in [-0.4, -0.2) is 36.5 Å². The highest BCUT2D eigenvalue weighted by Gasteiger charge is 1.93. The Balaban J connectivity index is 0.000000218. The van der Waals surface area contributed by atoms with Crippen molar-refractivity contribution in [3.05, 3.63) is 0 Å². The second kappa shape index (κ2) is 9.80. The lowest BCUT2D eigenvalue weighted by Gasteiger charge is -1.95. The Morgan fingerprint density at radius 1 is 1.00 bits per heavy atom. The average Bonchev–Trinajstić information content (AvgIpc) is 2.35. The van der Waals surface area contributed by atoms with Gasteiger partial charge < -0.3 is 10.2 Å². The number of aliphatic hydroxyl groups excluding tert-OH is 2. The van der Waals surface area contributed by atoms with Crippen molar-refractivity contribution in [3.8, 4) is 0 Å². The number of aliphatic hydroxyl groups is 2. The van der Waals surface area contributed by atoms with Crippen molar-refractivity contribution in [2.45, 2.75) is 12.8 Å². The molecule has 0 aliphatic carbocycles. The largest absolute Gasteiger partial charge is 0.394 e. The van der Waals surface area contributed by atoms with Crippen LogP contribution in [0.5, 0.6) is 0 Å². The maximum Gasteiger partial charge on any atom is 0.0662 e. The van der Waals surface area contributed by atoms with E-state index >= 15 is 0 Å². The summed E-state index contributed by atoms with van der Waals surface area (Å²) in [6, 6.07) is 0. The first kappa shape index (κ1) is 10.8. The van der Waals surface area contributed by atoms with Crippen molar-refractivity contribution in [2.75, 3.05) is 26.3 Å². The van der Waals surface area contributed by atoms with Gasteiger partial charge >= 0.3 is 0 Å². The number of hydrogen-bond donors (Lipinski definition) is 4. The van der Waals surface area contributed by atoms with Crippen LogP contribution in [-0.2, 0) is 4.94 Å². The molecule has 0 bridgehead atoms. The lowest BCUT2D eigenvalue weighted by atomic mass is 10.3. The summed E-state index contributed by atoms with van der Waals surface area (Å²) in [7, 11) is 0. The molecular formula is C6H16N2O3. The van der Waals surface area contributed by atoms with Crippen LogP contribution in [0, 0.1) is 0 Å². The number of nitrogens with one attached hydrogen (secondary N) is 2. The molecule has 11 heavy (non-hydrogen) atoms. The maximum atomic E-state index is 7.62. The van der Waals surface area contributed by atoms with E-state index in [1.165, 1.54) is 12.8 Å². The first-order chi connectivity index (χ1) is 5.41. The van der Waals surface area contributed by atoms with Crippen molar-refractivity contribution in [3.63, 3.8) is 0 Å². The number of hydrogen-bond acceptors (Lipinski definition) is 5. The lowest BCUT2D eigenvalue weighted by Crippen LogP contribution is -2.22. The van der Waals surface area contributed by atoms with Crippen molar-refractivity contribution < 1.29 is 15.2 Å². The molecule has 1 heterocycles. The van der Waals surface area contributed by atoms with Gasteiger partial charge in [-0.15, -0.1) is 0 Å². The van der Waals surface area contributed by atoms with E-state index in [1.54, 1.807) is 0 Å². The van der Waals surface area contributed by atoms with E-state index in [1.807, 2.05) is 0 Å². The highest BCUT2D eigenvalue weighted by atomic mass is 16.8. The van der Waals surface area contributed by atoms with Gasteiger partial charge in [0.25, 0.3) is 0 Å². The number of hydroxylamine groups is 2. The van der Waals surface area contributed by atoms with E-state index in [9.17, 15) is 0 Å². The Labute approximate surface area is 66.3 Å². The molecule has 0 radical (unpaired) electrons. The summed E-state index contributed by atoms with van der Waals surface area (Å²) >= 11 is 0. The molecule has 68 valence electrons. The fourth-order valence-electron chi connectivity index (χ4n) is 0.547. The minimum Gasteiger partial charge on any atom is -0.394 e. The minimum atomic E-state index is -0.125. The molecule has 5 nitrogen and oxygen atoms in total. The molecule has 5 heteroatoms. The Morgan fingerprint density at radius 2 is 1.45 bits per heavy atom. The van der Waals surface area contributed by atoms with Crippen LogP contribution in [0.3, 0.4) is 0 Å². The van der Waals surface area contributed by atoms with Gasteiger partial charge in [0, 0.05) is 13.1 Å². The molecule has 0 atom stereocenters. The molecular weight excluding hydrogens is 148 g/mol. The first-order valence-electron chi connectivity index (χ1n) is 3.75. The second-order valence-electron chi connectivity index (χ2n) is 2.05. The Kier molecular flexibility index (Phi) is 9.62. The summed E-state index contributed by atoms with van der Waals surface area (Å²) in [4.78, 5) is 4.69. The van der Waals surface area contributed by atoms with Gasteiger partial charge in [-0.2, -0.15) is 11.0 Å². The average molecular weight is 164 g/mol. The van der Waals surface area contributed by atoms with Crippen molar-refractivity contribution in [1.29, 1.82) is 0 Å². The molecule has 0 unspecified atom stereocenters. The van der Waals surface area contributed by atoms with Crippen molar-refractivity contribution in [1.82, 2.24) is 11.0 Å². The van der Waals surface area contributed by atoms with Crippen LogP contribution in [0.2, 0.25) is 0 Å². The van der Waals surface area contributed by atoms with E-state index in [0.29, 0.717) is 0 Å². The molecule has 0 aromatic carbocycles. The molecule has 1 aliphatic rings. The fourth-order valence-corrected chi connectivity index (χ4v) is 0.547. The predicted molar refractivity (Wildman–Crippen MR) is 40.5 cm³/mol. The predicted octanol–water partition coefficient (Wildman–Crippen LogP) is -1.22. The van der Waals surface area contributed by atoms with Gasteiger partial charge in [0.1, 0.15) is 0 Å². The van der Waals surface area contributed by atoms with Crippen LogP contribution >= 0.6 is 0 Å². The fraction of sp³-hybridized carbons (Fsp3) is 1.00. The van der Waals surface area contributed by atoms with E-state index in [2.05, 4.69) is 11.0 Å². The quantitative estimate of drug-likeness (QED) is 0.391. The third-order valence-electron chi connectivity index (χ3n) is 1.05. The third-order valence-corrected chi connectivity index (χ3v) is 1.05. The van der Waals surface area contributed by atoms with Crippen molar-refractivity contribution >= 4 is 0 Å². The second-order valence-corrected chi connectivity index (χ2v) is 2.05. The summed E-state index contributed by atoms with van der Waals surface area (Å²) in [5, 5.41) is 15.2. The molecule has 1 saturated heterocycles. The zero-order valence-electron chi connectivity index (χ0n) is 6.55. The molecule has 0 aromatic heterocycles. The molecule has 1 aliphatic heterocycles. The normalized spacial score (nSPS) is 18.0. The van der Waals surface area contributed by atoms with Crippen molar-refractivity contribution in [2.24, 2.45) is 0 Å². The van der Waals surface area contributed by atoms with E-state index < -0.39 is 0 Å². The highest BCUT2D eigenvalue weighted by Crippen LogP contribution is 1.86. The van der Waals surface area contributed by atoms with Gasteiger partial charge in [-0.25, -0.2) is 4.94 Å². The highest BCUT2D eigenvalue weighted by molar-refractivity contribution is 4.44. The molecule has 4 N–H and O–H groups in total. The Hall–Kier alpha value is -0.200. The van der Waals surface area contributed by atoms with Gasteiger partial charge in [0.15, 0.2) is 0 Å². The zero-order chi connectivity index (χ0) is 8.36. The third kappa shape index (κ3) is 9.80. The summed E-state index contributed by atoms with van der Waals surface area (Å²) in [6.45, 7) is 1.68. The summed E-state index contributed by atoms with van der Waals surface area (Å²) in [5.41, 5.74) is 5.47. The molecule has 0 aromatic rings. The van der Waals surface area contributed by atoms with E-state index in [0.717, 1.165) is 13.1 Å². The molecule has 0 amide bonds. The van der Waals surface area contributed by atoms with Crippen LogP contribution in [0.15, 0.2) is 0 Å². The smallest absolute Gasteiger partial charge is 0.0662 e. The Bertz CT molecular complexity index is 51.2. The topological polar surface area (TPSA) is 73.8 Å².